The van der Waals surface area contributed by atoms with Crippen molar-refractivity contribution < 1.29 is 12.1 Å². The van der Waals surface area contributed by atoms with Gasteiger partial charge in [-0.3, -0.25) is 0 Å². The van der Waals surface area contributed by atoms with E-state index < -0.39 is 12.1 Å². The SMILES string of the molecule is Cc1cc(C)c(C(N)CC[N](CC(N)c2c(C)cc(C)cc2C)[Co]([Cl])[Cl])c(C)c1. The van der Waals surface area contributed by atoms with Crippen LogP contribution in [0.15, 0.2) is 24.3 Å². The van der Waals surface area contributed by atoms with Gasteiger partial charge < -0.3 is 0 Å². The summed E-state index contributed by atoms with van der Waals surface area (Å²) in [5.41, 5.74) is 23.0. The predicted molar refractivity (Wildman–Crippen MR) is 123 cm³/mol. The fourth-order valence-electron chi connectivity index (χ4n) is 4.46. The minimum absolute atomic E-state index is 0.0555. The fraction of sp³-hybridized carbons (Fsp3) is 0.478. The zero-order chi connectivity index (χ0) is 21.9. The van der Waals surface area contributed by atoms with Crippen LogP contribution in [0.1, 0.15) is 63.0 Å². The van der Waals surface area contributed by atoms with Crippen LogP contribution in [0.25, 0.3) is 0 Å². The molecule has 29 heavy (non-hydrogen) atoms. The minimum atomic E-state index is -1.27. The Labute approximate surface area is 189 Å². The number of hydrogen-bond donors (Lipinski definition) is 2. The van der Waals surface area contributed by atoms with Gasteiger partial charge >= 0.3 is 190 Å². The average molecular weight is 482 g/mol. The molecule has 0 heterocycles. The first kappa shape index (κ1) is 24.7. The van der Waals surface area contributed by atoms with E-state index in [0.29, 0.717) is 13.1 Å². The van der Waals surface area contributed by atoms with E-state index in [1.165, 1.54) is 44.5 Å². The molecule has 0 bridgehead atoms. The molecule has 2 aromatic carbocycles. The molecule has 2 rings (SSSR count). The first-order valence-electron chi connectivity index (χ1n) is 9.90. The van der Waals surface area contributed by atoms with Crippen molar-refractivity contribution in [3.8, 4) is 0 Å². The van der Waals surface area contributed by atoms with Crippen LogP contribution < -0.4 is 11.5 Å². The summed E-state index contributed by atoms with van der Waals surface area (Å²) in [6, 6.07) is 8.53. The molecule has 0 aromatic heterocycles. The van der Waals surface area contributed by atoms with Crippen molar-refractivity contribution >= 4 is 20.3 Å². The summed E-state index contributed by atoms with van der Waals surface area (Å²) in [5, 5.41) is 0. The van der Waals surface area contributed by atoms with Crippen LogP contribution in [0.4, 0.5) is 0 Å². The Morgan fingerprint density at radius 1 is 0.759 bits per heavy atom. The summed E-state index contributed by atoms with van der Waals surface area (Å²) in [5.74, 6) is 0. The Kier molecular flexibility index (Phi) is 9.04. The van der Waals surface area contributed by atoms with Gasteiger partial charge in [0, 0.05) is 0 Å². The molecule has 3 nitrogen and oxygen atoms in total. The third-order valence-electron chi connectivity index (χ3n) is 5.44. The molecule has 0 saturated heterocycles. The molecule has 4 N–H and O–H groups in total. The summed E-state index contributed by atoms with van der Waals surface area (Å²) in [6.07, 6.45) is 0.779. The number of rotatable bonds is 8. The summed E-state index contributed by atoms with van der Waals surface area (Å²) in [6.45, 7) is 14.0. The van der Waals surface area contributed by atoms with Gasteiger partial charge in [0.15, 0.2) is 0 Å². The van der Waals surface area contributed by atoms with Gasteiger partial charge in [-0.15, -0.1) is 0 Å². The topological polar surface area (TPSA) is 55.3 Å². The zero-order valence-electron chi connectivity index (χ0n) is 18.3. The molecular formula is C23H34Cl2CoN3. The first-order chi connectivity index (χ1) is 13.5. The van der Waals surface area contributed by atoms with E-state index in [4.69, 9.17) is 31.8 Å². The van der Waals surface area contributed by atoms with Crippen molar-refractivity contribution in [2.75, 3.05) is 13.1 Å². The van der Waals surface area contributed by atoms with Crippen LogP contribution in [0.5, 0.6) is 0 Å². The van der Waals surface area contributed by atoms with Crippen LogP contribution in [0.2, 0.25) is 0 Å². The van der Waals surface area contributed by atoms with Crippen molar-refractivity contribution in [3.05, 3.63) is 68.8 Å². The molecule has 2 aromatic rings. The normalized spacial score (nSPS) is 14.2. The van der Waals surface area contributed by atoms with Gasteiger partial charge in [0.2, 0.25) is 0 Å². The maximum absolute atomic E-state index is 6.59. The van der Waals surface area contributed by atoms with E-state index >= 15 is 0 Å². The molecule has 0 aliphatic heterocycles. The summed E-state index contributed by atoms with van der Waals surface area (Å²) in [7, 11) is 12.7. The molecule has 0 aliphatic rings. The van der Waals surface area contributed by atoms with Crippen LogP contribution in [-0.4, -0.2) is 17.0 Å². The van der Waals surface area contributed by atoms with Crippen molar-refractivity contribution in [2.24, 2.45) is 11.5 Å². The van der Waals surface area contributed by atoms with Crippen molar-refractivity contribution in [1.82, 2.24) is 3.95 Å². The Balaban J connectivity index is 2.11. The molecular weight excluding hydrogens is 448 g/mol. The number of nitrogens with zero attached hydrogens (tertiary/aromatic N) is 1. The summed E-state index contributed by atoms with van der Waals surface area (Å²) in [4.78, 5) is 0. The Morgan fingerprint density at radius 2 is 1.14 bits per heavy atom. The quantitative estimate of drug-likeness (QED) is 0.503. The van der Waals surface area contributed by atoms with E-state index in [-0.39, 0.29) is 12.1 Å². The predicted octanol–water partition coefficient (Wildman–Crippen LogP) is 5.77. The Bertz CT molecular complexity index is 808. The van der Waals surface area contributed by atoms with Crippen molar-refractivity contribution in [2.45, 2.75) is 60.0 Å². The molecule has 6 heteroatoms. The third-order valence-corrected chi connectivity index (χ3v) is 7.67. The fourth-order valence-corrected chi connectivity index (χ4v) is 5.96. The Hall–Kier alpha value is -0.594. The van der Waals surface area contributed by atoms with Crippen LogP contribution in [0, 0.1) is 41.5 Å². The molecule has 0 aliphatic carbocycles. The van der Waals surface area contributed by atoms with Gasteiger partial charge in [-0.25, -0.2) is 0 Å². The zero-order valence-corrected chi connectivity index (χ0v) is 20.8. The van der Waals surface area contributed by atoms with Gasteiger partial charge in [0.05, 0.1) is 0 Å². The van der Waals surface area contributed by atoms with E-state index in [2.05, 4.69) is 69.8 Å². The number of benzene rings is 2. The molecule has 0 radical (unpaired) electrons. The van der Waals surface area contributed by atoms with Crippen molar-refractivity contribution in [3.63, 3.8) is 0 Å². The number of nitrogens with two attached hydrogens (primary N) is 2. The van der Waals surface area contributed by atoms with E-state index in [1.54, 1.807) is 0 Å². The number of hydrogen-bond acceptors (Lipinski definition) is 3. The summed E-state index contributed by atoms with van der Waals surface area (Å²) < 4.78 is 2.07. The molecule has 164 valence electrons. The van der Waals surface area contributed by atoms with Gasteiger partial charge in [-0.05, 0) is 0 Å². The molecule has 2 unspecified atom stereocenters. The standard InChI is InChI=1S/C23H34N3.2ClH.Co/c1-14-9-16(3)22(17(4)10-14)20(24)7-8-26-13-21(25)23-18(5)11-15(2)12-19(23)6;;;/h9-12,20-21H,7-8,13,24-25H2,1-6H3;2*1H;/q-1;;;+3/p-2. The molecule has 2 atom stereocenters. The van der Waals surface area contributed by atoms with Crippen LogP contribution in [0.3, 0.4) is 0 Å². The number of halogens is 2. The number of aryl methyl sites for hydroxylation is 6. The molecule has 0 amide bonds. The summed E-state index contributed by atoms with van der Waals surface area (Å²) >= 11 is -1.27. The van der Waals surface area contributed by atoms with Gasteiger partial charge in [-0.1, -0.05) is 0 Å². The second-order valence-electron chi connectivity index (χ2n) is 8.13. The van der Waals surface area contributed by atoms with Crippen LogP contribution >= 0.6 is 20.3 Å². The van der Waals surface area contributed by atoms with Crippen LogP contribution in [-0.2, 0) is 12.1 Å². The second kappa shape index (κ2) is 10.6. The van der Waals surface area contributed by atoms with E-state index in [1.807, 2.05) is 0 Å². The molecule has 0 saturated carbocycles. The molecule has 0 fully saturated rings. The monoisotopic (exact) mass is 481 g/mol. The third kappa shape index (κ3) is 6.44. The van der Waals surface area contributed by atoms with Crippen molar-refractivity contribution in [1.29, 1.82) is 0 Å². The van der Waals surface area contributed by atoms with E-state index in [9.17, 15) is 0 Å². The molecule has 0 spiro atoms. The van der Waals surface area contributed by atoms with Gasteiger partial charge in [0.1, 0.15) is 0 Å². The van der Waals surface area contributed by atoms with E-state index in [0.717, 1.165) is 6.42 Å². The maximum atomic E-state index is 6.59. The van der Waals surface area contributed by atoms with Gasteiger partial charge in [-0.2, -0.15) is 0 Å². The first-order valence-corrected chi connectivity index (χ1v) is 13.2. The average Bonchev–Trinajstić information content (AvgIpc) is 2.56. The van der Waals surface area contributed by atoms with Gasteiger partial charge in [0.25, 0.3) is 0 Å². The second-order valence-corrected chi connectivity index (χ2v) is 11.8. The Morgan fingerprint density at radius 3 is 1.52 bits per heavy atom.